The SMILES string of the molecule is CNC(=O)C(=O)C(CC1CCC1)NC(=O)[C@@H]1C2C(CN1C(=O)[C@@H](NC(=O)OC1=CCC([N+](=O)[O-])=C=C1)C(C)(C)C)C2(C)C. The lowest BCUT2D eigenvalue weighted by Crippen LogP contribution is -2.60. The Labute approximate surface area is 250 Å². The first-order valence-corrected chi connectivity index (χ1v) is 14.7. The first-order chi connectivity index (χ1) is 20.1. The number of amides is 4. The quantitative estimate of drug-likeness (QED) is 0.148. The number of hydrogen-bond acceptors (Lipinski definition) is 8. The molecule has 5 atom stereocenters. The average molecular weight is 600 g/mol. The van der Waals surface area contributed by atoms with Crippen molar-refractivity contribution < 1.29 is 33.6 Å². The highest BCUT2D eigenvalue weighted by Crippen LogP contribution is 2.65. The van der Waals surface area contributed by atoms with Crippen LogP contribution in [0.3, 0.4) is 0 Å². The molecule has 1 saturated heterocycles. The van der Waals surface area contributed by atoms with Crippen LogP contribution in [0.15, 0.2) is 29.3 Å². The van der Waals surface area contributed by atoms with Crippen molar-refractivity contribution in [2.24, 2.45) is 28.6 Å². The monoisotopic (exact) mass is 599 g/mol. The van der Waals surface area contributed by atoms with Gasteiger partial charge in [0.2, 0.25) is 17.6 Å². The average Bonchev–Trinajstić information content (AvgIpc) is 3.22. The second-order valence-corrected chi connectivity index (χ2v) is 13.6. The summed E-state index contributed by atoms with van der Waals surface area (Å²) in [5.74, 6) is -2.25. The Morgan fingerprint density at radius 1 is 1.19 bits per heavy atom. The van der Waals surface area contributed by atoms with E-state index >= 15 is 0 Å². The summed E-state index contributed by atoms with van der Waals surface area (Å²) in [6, 6.07) is -2.96. The van der Waals surface area contributed by atoms with Gasteiger partial charge in [-0.1, -0.05) is 53.9 Å². The van der Waals surface area contributed by atoms with Crippen molar-refractivity contribution in [1.29, 1.82) is 0 Å². The van der Waals surface area contributed by atoms with E-state index in [-0.39, 0.29) is 41.0 Å². The summed E-state index contributed by atoms with van der Waals surface area (Å²) in [7, 11) is 1.36. The van der Waals surface area contributed by atoms with Crippen LogP contribution in [0, 0.1) is 38.7 Å². The largest absolute Gasteiger partial charge is 0.413 e. The van der Waals surface area contributed by atoms with Crippen molar-refractivity contribution in [3.8, 4) is 0 Å². The van der Waals surface area contributed by atoms with E-state index in [1.165, 1.54) is 24.1 Å². The summed E-state index contributed by atoms with van der Waals surface area (Å²) in [5, 5.41) is 18.7. The molecular weight excluding hydrogens is 558 g/mol. The predicted molar refractivity (Wildman–Crippen MR) is 153 cm³/mol. The number of nitrogens with one attached hydrogen (secondary N) is 3. The van der Waals surface area contributed by atoms with Crippen LogP contribution in [0.5, 0.6) is 0 Å². The van der Waals surface area contributed by atoms with E-state index < -0.39 is 58.1 Å². The number of carbonyl (C=O) groups is 5. The second kappa shape index (κ2) is 11.9. The maximum absolute atomic E-state index is 14.1. The van der Waals surface area contributed by atoms with Crippen LogP contribution in [0.1, 0.15) is 66.7 Å². The van der Waals surface area contributed by atoms with Gasteiger partial charge in [0, 0.05) is 19.7 Å². The summed E-state index contributed by atoms with van der Waals surface area (Å²) < 4.78 is 5.29. The van der Waals surface area contributed by atoms with Crippen LogP contribution in [0.2, 0.25) is 0 Å². The van der Waals surface area contributed by atoms with Crippen LogP contribution in [0.4, 0.5) is 4.79 Å². The Kier molecular flexibility index (Phi) is 8.87. The number of Topliss-reactive ketones (excluding diaryl/α,β-unsaturated/α-hetero) is 1. The van der Waals surface area contributed by atoms with Gasteiger partial charge in [-0.15, -0.1) is 0 Å². The van der Waals surface area contributed by atoms with Crippen LogP contribution in [0.25, 0.3) is 0 Å². The molecule has 234 valence electrons. The van der Waals surface area contributed by atoms with Gasteiger partial charge in [0.25, 0.3) is 11.6 Å². The van der Waals surface area contributed by atoms with E-state index in [4.69, 9.17) is 4.74 Å². The molecule has 3 N–H and O–H groups in total. The minimum absolute atomic E-state index is 0.0552. The van der Waals surface area contributed by atoms with E-state index in [1.54, 1.807) is 20.8 Å². The molecule has 3 fully saturated rings. The van der Waals surface area contributed by atoms with Gasteiger partial charge < -0.3 is 25.6 Å². The molecule has 3 aliphatic carbocycles. The summed E-state index contributed by atoms with van der Waals surface area (Å²) in [6.45, 7) is 9.69. The minimum Gasteiger partial charge on any atom is -0.410 e. The van der Waals surface area contributed by atoms with E-state index in [0.717, 1.165) is 19.3 Å². The fourth-order valence-corrected chi connectivity index (χ4v) is 6.38. The first kappa shape index (κ1) is 31.9. The summed E-state index contributed by atoms with van der Waals surface area (Å²) >= 11 is 0. The number of nitrogens with zero attached hydrogens (tertiary/aromatic N) is 2. The molecule has 1 aliphatic heterocycles. The molecule has 13 heteroatoms. The molecule has 43 heavy (non-hydrogen) atoms. The topological polar surface area (TPSA) is 177 Å². The predicted octanol–water partition coefficient (Wildman–Crippen LogP) is 2.20. The highest BCUT2D eigenvalue weighted by atomic mass is 16.6. The first-order valence-electron chi connectivity index (χ1n) is 14.7. The Morgan fingerprint density at radius 2 is 1.86 bits per heavy atom. The van der Waals surface area contributed by atoms with E-state index in [1.807, 2.05) is 13.8 Å². The Balaban J connectivity index is 1.52. The molecule has 0 bridgehead atoms. The number of piperidine rings is 1. The van der Waals surface area contributed by atoms with Crippen molar-refractivity contribution >= 4 is 29.6 Å². The zero-order chi connectivity index (χ0) is 31.9. The number of likely N-dealkylation sites (N-methyl/N-ethyl adjacent to an activating group) is 1. The number of nitro groups is 1. The van der Waals surface area contributed by atoms with Gasteiger partial charge in [-0.05, 0) is 46.8 Å². The zero-order valence-corrected chi connectivity index (χ0v) is 25.5. The van der Waals surface area contributed by atoms with Crippen LogP contribution < -0.4 is 16.0 Å². The third-order valence-corrected chi connectivity index (χ3v) is 9.32. The Hall–Kier alpha value is -3.99. The van der Waals surface area contributed by atoms with Gasteiger partial charge in [0.05, 0.1) is 17.4 Å². The van der Waals surface area contributed by atoms with E-state index in [0.29, 0.717) is 13.0 Å². The van der Waals surface area contributed by atoms with Gasteiger partial charge in [0.15, 0.2) is 0 Å². The molecule has 0 aromatic carbocycles. The maximum Gasteiger partial charge on any atom is 0.413 e. The highest BCUT2D eigenvalue weighted by molar-refractivity contribution is 6.38. The number of likely N-dealkylation sites (tertiary alicyclic amines) is 1. The van der Waals surface area contributed by atoms with Crippen molar-refractivity contribution in [3.63, 3.8) is 0 Å². The molecule has 4 aliphatic rings. The lowest BCUT2D eigenvalue weighted by Gasteiger charge is -2.38. The fraction of sp³-hybridized carbons (Fsp3) is 0.667. The van der Waals surface area contributed by atoms with Gasteiger partial charge in [-0.3, -0.25) is 29.3 Å². The van der Waals surface area contributed by atoms with Gasteiger partial charge in [-0.25, -0.2) is 4.79 Å². The number of hydrogen-bond donors (Lipinski definition) is 3. The number of ketones is 1. The maximum atomic E-state index is 14.1. The number of alkyl carbamates (subject to hydrolysis) is 1. The molecule has 0 radical (unpaired) electrons. The number of ether oxygens (including phenoxy) is 1. The molecule has 1 heterocycles. The third-order valence-electron chi connectivity index (χ3n) is 9.32. The third kappa shape index (κ3) is 6.66. The summed E-state index contributed by atoms with van der Waals surface area (Å²) in [4.78, 5) is 77.7. The summed E-state index contributed by atoms with van der Waals surface area (Å²) in [6.07, 6.45) is 4.81. The molecule has 4 rings (SSSR count). The molecular formula is C30H41N5O8. The second-order valence-electron chi connectivity index (χ2n) is 13.6. The Morgan fingerprint density at radius 3 is 2.37 bits per heavy atom. The van der Waals surface area contributed by atoms with Gasteiger partial charge in [0.1, 0.15) is 17.8 Å². The lowest BCUT2D eigenvalue weighted by molar-refractivity contribution is -0.426. The molecule has 13 nitrogen and oxygen atoms in total. The minimum atomic E-state index is -1.08. The number of rotatable bonds is 10. The molecule has 2 saturated carbocycles. The Bertz CT molecular complexity index is 1320. The molecule has 4 amide bonds. The van der Waals surface area contributed by atoms with E-state index in [2.05, 4.69) is 21.7 Å². The number of allylic oxidation sites excluding steroid dienone is 1. The number of fused-ring (bicyclic) bond motifs is 1. The normalized spacial score (nSPS) is 25.2. The van der Waals surface area contributed by atoms with Crippen molar-refractivity contribution in [1.82, 2.24) is 20.9 Å². The standard InChI is InChI=1S/C30H41N5O8/c1-29(2,3)24(33-28(40)43-18-12-10-17(11-13-18)35(41)42)27(39)34-15-19-21(30(19,4)5)22(34)25(37)32-20(14-16-8-7-9-16)23(36)26(38)31-6/h12-13,16,19-22,24H,7-10,14-15H2,1-6H3,(H,31,38)(H,32,37)(H,33,40)/t19?,20?,21?,22-,24+/m0/s1. The van der Waals surface area contributed by atoms with Crippen LogP contribution in [-0.4, -0.2) is 71.1 Å². The highest BCUT2D eigenvalue weighted by Gasteiger charge is 2.70. The van der Waals surface area contributed by atoms with Crippen molar-refractivity contribution in [3.05, 3.63) is 39.5 Å². The molecule has 0 spiro atoms. The number of carbonyl (C=O) groups excluding carboxylic acids is 5. The van der Waals surface area contributed by atoms with Crippen LogP contribution >= 0.6 is 0 Å². The van der Waals surface area contributed by atoms with Crippen molar-refractivity contribution in [2.75, 3.05) is 13.6 Å². The molecule has 3 unspecified atom stereocenters. The zero-order valence-electron chi connectivity index (χ0n) is 25.5. The van der Waals surface area contributed by atoms with Gasteiger partial charge >= 0.3 is 6.09 Å². The van der Waals surface area contributed by atoms with Crippen LogP contribution in [-0.2, 0) is 23.9 Å². The lowest BCUT2D eigenvalue weighted by atomic mass is 9.80. The van der Waals surface area contributed by atoms with E-state index in [9.17, 15) is 34.1 Å². The van der Waals surface area contributed by atoms with Gasteiger partial charge in [-0.2, -0.15) is 0 Å². The summed E-state index contributed by atoms with van der Waals surface area (Å²) in [5.41, 5.74) is 1.32. The fourth-order valence-electron chi connectivity index (χ4n) is 6.38. The molecule has 0 aromatic heterocycles. The van der Waals surface area contributed by atoms with Crippen molar-refractivity contribution in [2.45, 2.75) is 84.8 Å². The molecule has 0 aromatic rings. The smallest absolute Gasteiger partial charge is 0.410 e.